The topological polar surface area (TPSA) is 84.0 Å². The number of rotatable bonds is 0. The van der Waals surface area contributed by atoms with Crippen LogP contribution in [0.1, 0.15) is 6.42 Å². The lowest BCUT2D eigenvalue weighted by molar-refractivity contribution is -0.116. The van der Waals surface area contributed by atoms with Crippen LogP contribution in [-0.4, -0.2) is 15.5 Å². The van der Waals surface area contributed by atoms with Crippen molar-refractivity contribution < 1.29 is 4.79 Å². The molecular formula is C7H7N3O3. The van der Waals surface area contributed by atoms with E-state index in [0.717, 1.165) is 0 Å². The number of amides is 1. The van der Waals surface area contributed by atoms with Gasteiger partial charge in [-0.3, -0.25) is 19.1 Å². The van der Waals surface area contributed by atoms with Gasteiger partial charge in [-0.25, -0.2) is 4.79 Å². The Morgan fingerprint density at radius 1 is 1.31 bits per heavy atom. The van der Waals surface area contributed by atoms with E-state index in [1.807, 2.05) is 0 Å². The van der Waals surface area contributed by atoms with Gasteiger partial charge in [0.05, 0.1) is 0 Å². The maximum absolute atomic E-state index is 11.1. The Morgan fingerprint density at radius 2 is 2.08 bits per heavy atom. The molecular weight excluding hydrogens is 174 g/mol. The third kappa shape index (κ3) is 1.26. The van der Waals surface area contributed by atoms with Gasteiger partial charge in [-0.05, 0) is 0 Å². The number of hydrogen-bond donors (Lipinski definition) is 2. The van der Waals surface area contributed by atoms with Crippen LogP contribution in [0.15, 0.2) is 15.7 Å². The molecule has 2 heterocycles. The van der Waals surface area contributed by atoms with Crippen molar-refractivity contribution in [1.29, 1.82) is 0 Å². The molecule has 1 aromatic heterocycles. The van der Waals surface area contributed by atoms with Crippen molar-refractivity contribution in [3.63, 3.8) is 0 Å². The highest BCUT2D eigenvalue weighted by Crippen LogP contribution is 2.07. The van der Waals surface area contributed by atoms with Gasteiger partial charge < -0.3 is 5.32 Å². The van der Waals surface area contributed by atoms with Gasteiger partial charge in [0.1, 0.15) is 5.82 Å². The third-order valence-corrected chi connectivity index (χ3v) is 1.86. The number of aromatic nitrogens is 2. The van der Waals surface area contributed by atoms with Crippen molar-refractivity contribution in [1.82, 2.24) is 9.55 Å². The predicted octanol–water partition coefficient (Wildman–Crippen LogP) is -1.12. The Kier molecular flexibility index (Phi) is 1.54. The zero-order valence-electron chi connectivity index (χ0n) is 6.66. The molecule has 13 heavy (non-hydrogen) atoms. The molecule has 1 amide bonds. The summed E-state index contributed by atoms with van der Waals surface area (Å²) in [5.41, 5.74) is -0.985. The Balaban J connectivity index is 2.66. The molecule has 1 aliphatic rings. The lowest BCUT2D eigenvalue weighted by Gasteiger charge is -2.17. The fourth-order valence-corrected chi connectivity index (χ4v) is 1.26. The van der Waals surface area contributed by atoms with E-state index >= 15 is 0 Å². The number of aromatic amines is 1. The molecule has 0 unspecified atom stereocenters. The molecule has 1 aromatic rings. The van der Waals surface area contributed by atoms with E-state index in [4.69, 9.17) is 0 Å². The first kappa shape index (κ1) is 7.78. The fraction of sp³-hybridized carbons (Fsp3) is 0.286. The molecule has 0 aromatic carbocycles. The van der Waals surface area contributed by atoms with Gasteiger partial charge in [0.15, 0.2) is 0 Å². The second-order valence-corrected chi connectivity index (χ2v) is 2.77. The standard InChI is InChI=1S/C7H7N3O3/c11-5-1-2-10-4(8-5)3-6(12)9-7(10)13/h3H,1-2H2,(H,8,11)(H,9,12,13). The second-order valence-electron chi connectivity index (χ2n) is 2.77. The first-order valence-corrected chi connectivity index (χ1v) is 3.81. The van der Waals surface area contributed by atoms with Crippen LogP contribution in [0.2, 0.25) is 0 Å². The SMILES string of the molecule is O=C1CCn2c(cc(=O)[nH]c2=O)N1. The monoisotopic (exact) mass is 181 g/mol. The Morgan fingerprint density at radius 3 is 2.85 bits per heavy atom. The number of anilines is 1. The minimum atomic E-state index is -0.501. The number of hydrogen-bond acceptors (Lipinski definition) is 3. The van der Waals surface area contributed by atoms with Gasteiger partial charge in [0, 0.05) is 19.0 Å². The molecule has 0 atom stereocenters. The average molecular weight is 181 g/mol. The lowest BCUT2D eigenvalue weighted by atomic mass is 10.3. The van der Waals surface area contributed by atoms with Crippen LogP contribution in [0.5, 0.6) is 0 Å². The van der Waals surface area contributed by atoms with E-state index in [2.05, 4.69) is 10.3 Å². The van der Waals surface area contributed by atoms with E-state index in [0.29, 0.717) is 6.54 Å². The van der Waals surface area contributed by atoms with E-state index in [-0.39, 0.29) is 18.1 Å². The summed E-state index contributed by atoms with van der Waals surface area (Å²) in [5, 5.41) is 2.45. The first-order chi connectivity index (χ1) is 6.16. The van der Waals surface area contributed by atoms with Crippen LogP contribution in [0.4, 0.5) is 5.82 Å². The lowest BCUT2D eigenvalue weighted by Crippen LogP contribution is -2.36. The molecule has 2 rings (SSSR count). The van der Waals surface area contributed by atoms with Crippen molar-refractivity contribution in [2.24, 2.45) is 0 Å². The van der Waals surface area contributed by atoms with Crippen molar-refractivity contribution in [2.45, 2.75) is 13.0 Å². The highest BCUT2D eigenvalue weighted by atomic mass is 16.2. The molecule has 0 spiro atoms. The van der Waals surface area contributed by atoms with Gasteiger partial charge in [0.2, 0.25) is 5.91 Å². The molecule has 6 heteroatoms. The summed E-state index contributed by atoms with van der Waals surface area (Å²) in [7, 11) is 0. The van der Waals surface area contributed by atoms with Gasteiger partial charge in [0.25, 0.3) is 5.56 Å². The van der Waals surface area contributed by atoms with E-state index in [9.17, 15) is 14.4 Å². The zero-order chi connectivity index (χ0) is 9.42. The van der Waals surface area contributed by atoms with Crippen LogP contribution in [0, 0.1) is 0 Å². The molecule has 0 fully saturated rings. The number of nitrogens with one attached hydrogen (secondary N) is 2. The Labute approximate surface area is 72.2 Å². The van der Waals surface area contributed by atoms with E-state index < -0.39 is 11.2 Å². The maximum Gasteiger partial charge on any atom is 0.329 e. The number of carbonyl (C=O) groups excluding carboxylic acids is 1. The molecule has 0 saturated carbocycles. The molecule has 0 aliphatic carbocycles. The number of carbonyl (C=O) groups is 1. The molecule has 1 aliphatic heterocycles. The molecule has 0 bridgehead atoms. The first-order valence-electron chi connectivity index (χ1n) is 3.81. The van der Waals surface area contributed by atoms with Crippen LogP contribution in [0.3, 0.4) is 0 Å². The minimum absolute atomic E-state index is 0.176. The smallest absolute Gasteiger partial charge is 0.312 e. The number of fused-ring (bicyclic) bond motifs is 1. The number of H-pyrrole nitrogens is 1. The van der Waals surface area contributed by atoms with Crippen LogP contribution in [0.25, 0.3) is 0 Å². The normalized spacial score (nSPS) is 14.9. The second kappa shape index (κ2) is 2.58. The van der Waals surface area contributed by atoms with E-state index in [1.165, 1.54) is 10.6 Å². The van der Waals surface area contributed by atoms with Gasteiger partial charge in [-0.1, -0.05) is 0 Å². The Hall–Kier alpha value is -1.85. The summed E-state index contributed by atoms with van der Waals surface area (Å²) >= 11 is 0. The van der Waals surface area contributed by atoms with Gasteiger partial charge in [-0.2, -0.15) is 0 Å². The minimum Gasteiger partial charge on any atom is -0.312 e. The molecule has 0 saturated heterocycles. The molecule has 68 valence electrons. The quantitative estimate of drug-likeness (QED) is 0.531. The van der Waals surface area contributed by atoms with E-state index in [1.54, 1.807) is 0 Å². The van der Waals surface area contributed by atoms with Gasteiger partial charge >= 0.3 is 5.69 Å². The highest BCUT2D eigenvalue weighted by molar-refractivity contribution is 5.90. The van der Waals surface area contributed by atoms with Crippen LogP contribution < -0.4 is 16.6 Å². The largest absolute Gasteiger partial charge is 0.329 e. The zero-order valence-corrected chi connectivity index (χ0v) is 6.66. The number of nitrogens with zero attached hydrogens (tertiary/aromatic N) is 1. The summed E-state index contributed by atoms with van der Waals surface area (Å²) < 4.78 is 1.32. The summed E-state index contributed by atoms with van der Waals surface area (Å²) in [4.78, 5) is 35.0. The maximum atomic E-state index is 11.1. The summed E-state index contributed by atoms with van der Waals surface area (Å²) in [6.07, 6.45) is 0.263. The summed E-state index contributed by atoms with van der Waals surface area (Å²) in [6, 6.07) is 1.19. The van der Waals surface area contributed by atoms with Gasteiger partial charge in [-0.15, -0.1) is 0 Å². The third-order valence-electron chi connectivity index (χ3n) is 1.86. The van der Waals surface area contributed by atoms with Crippen molar-refractivity contribution in [2.75, 3.05) is 5.32 Å². The molecule has 2 N–H and O–H groups in total. The highest BCUT2D eigenvalue weighted by Gasteiger charge is 2.15. The van der Waals surface area contributed by atoms with Crippen LogP contribution >= 0.6 is 0 Å². The van der Waals surface area contributed by atoms with Crippen molar-refractivity contribution in [3.05, 3.63) is 26.9 Å². The predicted molar refractivity (Wildman–Crippen MR) is 44.6 cm³/mol. The summed E-state index contributed by atoms with van der Waals surface area (Å²) in [6.45, 7) is 0.316. The van der Waals surface area contributed by atoms with Crippen molar-refractivity contribution >= 4 is 11.7 Å². The fourth-order valence-electron chi connectivity index (χ4n) is 1.26. The average Bonchev–Trinajstić information content (AvgIpc) is 2.02. The molecule has 0 radical (unpaired) electrons. The van der Waals surface area contributed by atoms with Crippen LogP contribution in [-0.2, 0) is 11.3 Å². The van der Waals surface area contributed by atoms with Crippen molar-refractivity contribution in [3.8, 4) is 0 Å². The summed E-state index contributed by atoms with van der Waals surface area (Å²) in [5.74, 6) is 0.0926. The Bertz CT molecular complexity index is 471. The molecule has 6 nitrogen and oxygen atoms in total.